The summed E-state index contributed by atoms with van der Waals surface area (Å²) in [4.78, 5) is 2.69. The monoisotopic (exact) mass is 226 g/mol. The van der Waals surface area contributed by atoms with Crippen LogP contribution in [0.5, 0.6) is 0 Å². The van der Waals surface area contributed by atoms with Gasteiger partial charge in [0.15, 0.2) is 0 Å². The van der Waals surface area contributed by atoms with Gasteiger partial charge in [-0.25, -0.2) is 0 Å². The summed E-state index contributed by atoms with van der Waals surface area (Å²) in [7, 11) is 2.01. The van der Waals surface area contributed by atoms with Crippen LogP contribution in [0.4, 0.5) is 0 Å². The summed E-state index contributed by atoms with van der Waals surface area (Å²) in [6.45, 7) is 6.51. The Labute approximate surface area is 99.5 Å². The molecule has 2 aliphatic rings. The molecule has 1 saturated carbocycles. The fourth-order valence-electron chi connectivity index (χ4n) is 3.37. The van der Waals surface area contributed by atoms with E-state index in [1.165, 1.54) is 25.7 Å². The van der Waals surface area contributed by atoms with E-state index in [9.17, 15) is 0 Å². The number of nitrogens with zero attached hydrogens (tertiary/aromatic N) is 1. The summed E-state index contributed by atoms with van der Waals surface area (Å²) in [6, 6.07) is 0.841. The predicted molar refractivity (Wildman–Crippen MR) is 66.7 cm³/mol. The summed E-state index contributed by atoms with van der Waals surface area (Å²) in [5, 5.41) is 3.22. The minimum Gasteiger partial charge on any atom is -0.374 e. The lowest BCUT2D eigenvalue weighted by Gasteiger charge is -2.39. The van der Waals surface area contributed by atoms with Gasteiger partial charge in [0.1, 0.15) is 0 Å². The van der Waals surface area contributed by atoms with Crippen LogP contribution >= 0.6 is 0 Å². The van der Waals surface area contributed by atoms with E-state index in [-0.39, 0.29) is 0 Å². The minimum atomic E-state index is 0.400. The van der Waals surface area contributed by atoms with Gasteiger partial charge >= 0.3 is 0 Å². The van der Waals surface area contributed by atoms with Crippen LogP contribution in [-0.2, 0) is 4.74 Å². The summed E-state index contributed by atoms with van der Waals surface area (Å²) in [6.07, 6.45) is 6.02. The van der Waals surface area contributed by atoms with Crippen LogP contribution < -0.4 is 5.32 Å². The van der Waals surface area contributed by atoms with Crippen LogP contribution in [0.3, 0.4) is 0 Å². The van der Waals surface area contributed by atoms with Crippen LogP contribution in [0.15, 0.2) is 0 Å². The molecule has 1 aliphatic heterocycles. The highest BCUT2D eigenvalue weighted by atomic mass is 16.5. The second-order valence-corrected chi connectivity index (χ2v) is 5.21. The van der Waals surface area contributed by atoms with Crippen molar-refractivity contribution < 1.29 is 4.74 Å². The molecule has 1 aliphatic carbocycles. The molecule has 3 atom stereocenters. The van der Waals surface area contributed by atoms with E-state index in [1.54, 1.807) is 0 Å². The van der Waals surface area contributed by atoms with E-state index in [1.807, 2.05) is 7.05 Å². The predicted octanol–water partition coefficient (Wildman–Crippen LogP) is 1.49. The van der Waals surface area contributed by atoms with Gasteiger partial charge < -0.3 is 10.1 Å². The van der Waals surface area contributed by atoms with Crippen molar-refractivity contribution >= 4 is 0 Å². The van der Waals surface area contributed by atoms with Gasteiger partial charge in [0.2, 0.25) is 0 Å². The SMILES string of the molecule is CCC1CCCC1N1CCOC(CNC)C1. The number of nitrogens with one attached hydrogen (secondary N) is 1. The molecule has 0 spiro atoms. The van der Waals surface area contributed by atoms with Crippen molar-refractivity contribution in [2.45, 2.75) is 44.8 Å². The first-order valence-corrected chi connectivity index (χ1v) is 6.85. The standard InChI is InChI=1S/C13H26N2O/c1-3-11-5-4-6-13(11)15-7-8-16-12(10-15)9-14-2/h11-14H,3-10H2,1-2H3. The Balaban J connectivity index is 1.88. The van der Waals surface area contributed by atoms with E-state index in [4.69, 9.17) is 4.74 Å². The third-order valence-corrected chi connectivity index (χ3v) is 4.21. The van der Waals surface area contributed by atoms with Crippen molar-refractivity contribution in [3.63, 3.8) is 0 Å². The Hall–Kier alpha value is -0.120. The first kappa shape index (κ1) is 12.3. The molecule has 0 bridgehead atoms. The molecule has 2 rings (SSSR count). The van der Waals surface area contributed by atoms with Gasteiger partial charge in [-0.05, 0) is 25.8 Å². The maximum atomic E-state index is 5.77. The molecular weight excluding hydrogens is 200 g/mol. The Morgan fingerprint density at radius 2 is 2.25 bits per heavy atom. The highest BCUT2D eigenvalue weighted by Gasteiger charge is 2.33. The Bertz CT molecular complexity index is 208. The molecule has 1 N–H and O–H groups in total. The Morgan fingerprint density at radius 1 is 1.38 bits per heavy atom. The largest absolute Gasteiger partial charge is 0.374 e. The molecule has 3 nitrogen and oxygen atoms in total. The highest BCUT2D eigenvalue weighted by molar-refractivity contribution is 4.87. The number of rotatable bonds is 4. The van der Waals surface area contributed by atoms with Crippen molar-refractivity contribution in [1.82, 2.24) is 10.2 Å². The fraction of sp³-hybridized carbons (Fsp3) is 1.00. The maximum Gasteiger partial charge on any atom is 0.0826 e. The second-order valence-electron chi connectivity index (χ2n) is 5.21. The van der Waals surface area contributed by atoms with Gasteiger partial charge in [0.05, 0.1) is 12.7 Å². The fourth-order valence-corrected chi connectivity index (χ4v) is 3.37. The zero-order chi connectivity index (χ0) is 11.4. The van der Waals surface area contributed by atoms with E-state index in [0.29, 0.717) is 6.10 Å². The molecule has 0 aromatic carbocycles. The van der Waals surface area contributed by atoms with Crippen molar-refractivity contribution in [2.75, 3.05) is 33.3 Å². The van der Waals surface area contributed by atoms with Crippen molar-refractivity contribution in [2.24, 2.45) is 5.92 Å². The topological polar surface area (TPSA) is 24.5 Å². The molecular formula is C13H26N2O. The maximum absolute atomic E-state index is 5.77. The van der Waals surface area contributed by atoms with E-state index < -0.39 is 0 Å². The van der Waals surface area contributed by atoms with Crippen molar-refractivity contribution in [1.29, 1.82) is 0 Å². The quantitative estimate of drug-likeness (QED) is 0.786. The molecule has 0 aromatic rings. The minimum absolute atomic E-state index is 0.400. The molecule has 16 heavy (non-hydrogen) atoms. The van der Waals surface area contributed by atoms with Crippen LogP contribution in [0.2, 0.25) is 0 Å². The van der Waals surface area contributed by atoms with E-state index in [2.05, 4.69) is 17.1 Å². The van der Waals surface area contributed by atoms with Gasteiger partial charge in [-0.2, -0.15) is 0 Å². The lowest BCUT2D eigenvalue weighted by atomic mass is 9.98. The van der Waals surface area contributed by atoms with Gasteiger partial charge in [-0.1, -0.05) is 19.8 Å². The van der Waals surface area contributed by atoms with Gasteiger partial charge in [-0.15, -0.1) is 0 Å². The van der Waals surface area contributed by atoms with Crippen LogP contribution in [0.25, 0.3) is 0 Å². The number of morpholine rings is 1. The number of ether oxygens (including phenoxy) is 1. The Morgan fingerprint density at radius 3 is 3.00 bits per heavy atom. The lowest BCUT2D eigenvalue weighted by molar-refractivity contribution is -0.0467. The molecule has 1 saturated heterocycles. The molecule has 94 valence electrons. The first-order valence-electron chi connectivity index (χ1n) is 6.85. The Kier molecular flexibility index (Phi) is 4.62. The summed E-state index contributed by atoms with van der Waals surface area (Å²) in [5.41, 5.74) is 0. The van der Waals surface area contributed by atoms with Crippen LogP contribution in [-0.4, -0.2) is 50.3 Å². The summed E-state index contributed by atoms with van der Waals surface area (Å²) in [5.74, 6) is 0.938. The van der Waals surface area contributed by atoms with Crippen LogP contribution in [0, 0.1) is 5.92 Å². The van der Waals surface area contributed by atoms with Crippen molar-refractivity contribution in [3.05, 3.63) is 0 Å². The molecule has 3 unspecified atom stereocenters. The van der Waals surface area contributed by atoms with Gasteiger partial charge in [0, 0.05) is 25.7 Å². The first-order chi connectivity index (χ1) is 7.85. The average molecular weight is 226 g/mol. The number of hydrogen-bond donors (Lipinski definition) is 1. The summed E-state index contributed by atoms with van der Waals surface area (Å²) >= 11 is 0. The zero-order valence-corrected chi connectivity index (χ0v) is 10.7. The average Bonchev–Trinajstić information content (AvgIpc) is 2.78. The molecule has 0 amide bonds. The third-order valence-electron chi connectivity index (χ3n) is 4.21. The number of likely N-dealkylation sites (N-methyl/N-ethyl adjacent to an activating group) is 1. The molecule has 0 aromatic heterocycles. The van der Waals surface area contributed by atoms with E-state index >= 15 is 0 Å². The second kappa shape index (κ2) is 5.99. The molecule has 2 fully saturated rings. The normalized spacial score (nSPS) is 36.8. The van der Waals surface area contributed by atoms with Crippen molar-refractivity contribution in [3.8, 4) is 0 Å². The number of hydrogen-bond acceptors (Lipinski definition) is 3. The van der Waals surface area contributed by atoms with Gasteiger partial charge in [0.25, 0.3) is 0 Å². The third kappa shape index (κ3) is 2.76. The van der Waals surface area contributed by atoms with Gasteiger partial charge in [-0.3, -0.25) is 4.90 Å². The lowest BCUT2D eigenvalue weighted by Crippen LogP contribution is -2.51. The molecule has 1 heterocycles. The smallest absolute Gasteiger partial charge is 0.0826 e. The zero-order valence-electron chi connectivity index (χ0n) is 10.7. The van der Waals surface area contributed by atoms with E-state index in [0.717, 1.165) is 38.2 Å². The molecule has 0 radical (unpaired) electrons. The highest BCUT2D eigenvalue weighted by Crippen LogP contribution is 2.32. The van der Waals surface area contributed by atoms with Crippen LogP contribution in [0.1, 0.15) is 32.6 Å². The molecule has 3 heteroatoms. The summed E-state index contributed by atoms with van der Waals surface area (Å²) < 4.78 is 5.77.